The highest BCUT2D eigenvalue weighted by Crippen LogP contribution is 2.46. The van der Waals surface area contributed by atoms with Crippen LogP contribution in [-0.2, 0) is 28.6 Å². The third-order valence-corrected chi connectivity index (χ3v) is 6.17. The minimum Gasteiger partial charge on any atom is -0.504 e. The summed E-state index contributed by atoms with van der Waals surface area (Å²) in [6.07, 6.45) is 0.427. The minimum absolute atomic E-state index is 0.0523. The standard InChI is InChI=1S/C25H31NO8/c1-6-33-9-10-34-25(30)20-14(3)26-16-11-13(2)19(24(29)32-5)23(28)22(16)21(20)15-7-8-17(27)18(12-15)31-4/h7-8,12-13,19,21,26-27H,6,9-11H2,1-5H3/t13-,19+,21+/m0/s1. The largest absolute Gasteiger partial charge is 0.504 e. The fourth-order valence-corrected chi connectivity index (χ4v) is 4.57. The minimum atomic E-state index is -0.985. The van der Waals surface area contributed by atoms with Crippen molar-refractivity contribution in [3.63, 3.8) is 0 Å². The number of dihydropyridines is 1. The number of Topliss-reactive ketones (excluding diaryl/α,β-unsaturated/α-hetero) is 1. The van der Waals surface area contributed by atoms with Crippen LogP contribution in [0.15, 0.2) is 40.7 Å². The number of ether oxygens (including phenoxy) is 4. The first kappa shape index (κ1) is 25.3. The van der Waals surface area contributed by atoms with Crippen LogP contribution in [0.4, 0.5) is 0 Å². The lowest BCUT2D eigenvalue weighted by atomic mass is 9.69. The molecule has 1 aromatic rings. The molecule has 0 fully saturated rings. The number of rotatable bonds is 8. The number of nitrogens with one attached hydrogen (secondary N) is 1. The smallest absolute Gasteiger partial charge is 0.336 e. The van der Waals surface area contributed by atoms with Gasteiger partial charge in [-0.15, -0.1) is 0 Å². The average molecular weight is 474 g/mol. The summed E-state index contributed by atoms with van der Waals surface area (Å²) in [5.74, 6) is -3.59. The number of carbonyl (C=O) groups excluding carboxylic acids is 3. The van der Waals surface area contributed by atoms with Crippen LogP contribution >= 0.6 is 0 Å². The number of carbonyl (C=O) groups is 3. The summed E-state index contributed by atoms with van der Waals surface area (Å²) in [6.45, 7) is 6.20. The first-order chi connectivity index (χ1) is 16.2. The molecular weight excluding hydrogens is 442 g/mol. The van der Waals surface area contributed by atoms with Crippen molar-refractivity contribution in [1.82, 2.24) is 5.32 Å². The van der Waals surface area contributed by atoms with Crippen LogP contribution in [-0.4, -0.2) is 56.9 Å². The van der Waals surface area contributed by atoms with Crippen molar-refractivity contribution in [2.75, 3.05) is 34.0 Å². The first-order valence-electron chi connectivity index (χ1n) is 11.2. The predicted molar refractivity (Wildman–Crippen MR) is 122 cm³/mol. The molecule has 1 aliphatic heterocycles. The van der Waals surface area contributed by atoms with Crippen LogP contribution in [0.5, 0.6) is 11.5 Å². The summed E-state index contributed by atoms with van der Waals surface area (Å²) in [6, 6.07) is 4.64. The number of methoxy groups -OCH3 is 2. The van der Waals surface area contributed by atoms with E-state index in [0.29, 0.717) is 35.6 Å². The van der Waals surface area contributed by atoms with Crippen LogP contribution < -0.4 is 10.1 Å². The van der Waals surface area contributed by atoms with Gasteiger partial charge in [0, 0.05) is 29.5 Å². The highest BCUT2D eigenvalue weighted by atomic mass is 16.6. The van der Waals surface area contributed by atoms with Crippen LogP contribution in [0, 0.1) is 11.8 Å². The molecule has 9 heteroatoms. The number of hydrogen-bond acceptors (Lipinski definition) is 9. The molecule has 2 aliphatic rings. The van der Waals surface area contributed by atoms with Crippen molar-refractivity contribution in [1.29, 1.82) is 0 Å². The predicted octanol–water partition coefficient (Wildman–Crippen LogP) is 2.59. The lowest BCUT2D eigenvalue weighted by molar-refractivity contribution is -0.151. The molecule has 0 saturated carbocycles. The van der Waals surface area contributed by atoms with Crippen molar-refractivity contribution in [3.8, 4) is 11.5 Å². The van der Waals surface area contributed by atoms with Crippen molar-refractivity contribution < 1.29 is 38.4 Å². The van der Waals surface area contributed by atoms with Gasteiger partial charge in [-0.2, -0.15) is 0 Å². The van der Waals surface area contributed by atoms with Gasteiger partial charge in [0.25, 0.3) is 0 Å². The van der Waals surface area contributed by atoms with E-state index in [1.54, 1.807) is 19.1 Å². The molecule has 0 bridgehead atoms. The Kier molecular flexibility index (Phi) is 7.98. The topological polar surface area (TPSA) is 120 Å². The van der Waals surface area contributed by atoms with Gasteiger partial charge < -0.3 is 29.4 Å². The average Bonchev–Trinajstić information content (AvgIpc) is 2.81. The highest BCUT2D eigenvalue weighted by molar-refractivity contribution is 6.12. The van der Waals surface area contributed by atoms with Crippen molar-refractivity contribution in [3.05, 3.63) is 46.3 Å². The lowest BCUT2D eigenvalue weighted by Crippen LogP contribution is -2.43. The van der Waals surface area contributed by atoms with Gasteiger partial charge in [0.2, 0.25) is 0 Å². The van der Waals surface area contributed by atoms with Gasteiger partial charge in [-0.1, -0.05) is 13.0 Å². The number of esters is 2. The number of phenolic OH excluding ortho intramolecular Hbond substituents is 1. The van der Waals surface area contributed by atoms with Gasteiger partial charge in [-0.25, -0.2) is 4.79 Å². The van der Waals surface area contributed by atoms with E-state index in [4.69, 9.17) is 18.9 Å². The fraction of sp³-hybridized carbons (Fsp3) is 0.480. The maximum absolute atomic E-state index is 13.7. The van der Waals surface area contributed by atoms with Gasteiger partial charge in [0.05, 0.1) is 26.4 Å². The third-order valence-electron chi connectivity index (χ3n) is 6.17. The summed E-state index contributed by atoms with van der Waals surface area (Å²) in [4.78, 5) is 39.4. The van der Waals surface area contributed by atoms with Crippen molar-refractivity contribution >= 4 is 17.7 Å². The van der Waals surface area contributed by atoms with E-state index < -0.39 is 29.6 Å². The molecule has 0 saturated heterocycles. The molecule has 0 unspecified atom stereocenters. The van der Waals surface area contributed by atoms with E-state index in [1.165, 1.54) is 20.3 Å². The van der Waals surface area contributed by atoms with Crippen molar-refractivity contribution in [2.45, 2.75) is 33.1 Å². The zero-order valence-corrected chi connectivity index (χ0v) is 20.1. The molecule has 3 rings (SSSR count). The number of allylic oxidation sites excluding steroid dienone is 3. The fourth-order valence-electron chi connectivity index (χ4n) is 4.57. The molecule has 2 N–H and O–H groups in total. The van der Waals surface area contributed by atoms with E-state index in [2.05, 4.69) is 5.32 Å². The second-order valence-corrected chi connectivity index (χ2v) is 8.30. The summed E-state index contributed by atoms with van der Waals surface area (Å²) in [7, 11) is 2.66. The Morgan fingerprint density at radius 2 is 1.94 bits per heavy atom. The molecule has 9 nitrogen and oxygen atoms in total. The molecule has 0 spiro atoms. The quantitative estimate of drug-likeness (QED) is 0.333. The maximum Gasteiger partial charge on any atom is 0.336 e. The van der Waals surface area contributed by atoms with E-state index in [9.17, 15) is 19.5 Å². The zero-order valence-electron chi connectivity index (χ0n) is 20.1. The first-order valence-corrected chi connectivity index (χ1v) is 11.2. The second-order valence-electron chi connectivity index (χ2n) is 8.30. The Balaban J connectivity index is 2.12. The molecular formula is C25H31NO8. The van der Waals surface area contributed by atoms with E-state index in [0.717, 1.165) is 0 Å². The summed E-state index contributed by atoms with van der Waals surface area (Å²) in [5.41, 5.74) is 2.30. The molecule has 0 amide bonds. The summed E-state index contributed by atoms with van der Waals surface area (Å²) >= 11 is 0. The zero-order chi connectivity index (χ0) is 25.0. The number of hydrogen-bond donors (Lipinski definition) is 2. The Bertz CT molecular complexity index is 1040. The number of phenols is 1. The maximum atomic E-state index is 13.7. The van der Waals surface area contributed by atoms with E-state index in [-0.39, 0.29) is 36.2 Å². The number of ketones is 1. The molecule has 1 aromatic carbocycles. The molecule has 34 heavy (non-hydrogen) atoms. The Morgan fingerprint density at radius 3 is 2.59 bits per heavy atom. The van der Waals surface area contributed by atoms with Gasteiger partial charge in [-0.3, -0.25) is 9.59 Å². The SMILES string of the molecule is CCOCCOC(=O)C1=C(C)NC2=C(C(=O)[C@H](C(=O)OC)[C@@H](C)C2)[C@@H]1c1ccc(O)c(OC)c1. The highest BCUT2D eigenvalue weighted by Gasteiger charge is 2.47. The Morgan fingerprint density at radius 1 is 1.21 bits per heavy atom. The molecule has 1 aliphatic carbocycles. The van der Waals surface area contributed by atoms with Gasteiger partial charge in [0.15, 0.2) is 17.3 Å². The Hall–Kier alpha value is -3.33. The Labute approximate surface area is 198 Å². The van der Waals surface area contributed by atoms with E-state index >= 15 is 0 Å². The molecule has 3 atom stereocenters. The normalized spacial score (nSPS) is 22.1. The van der Waals surface area contributed by atoms with Crippen molar-refractivity contribution in [2.24, 2.45) is 11.8 Å². The second kappa shape index (κ2) is 10.7. The molecule has 0 aromatic heterocycles. The van der Waals surface area contributed by atoms with Crippen LogP contribution in [0.3, 0.4) is 0 Å². The summed E-state index contributed by atoms with van der Waals surface area (Å²) in [5, 5.41) is 13.3. The number of benzene rings is 1. The molecule has 0 radical (unpaired) electrons. The van der Waals surface area contributed by atoms with Gasteiger partial charge in [0.1, 0.15) is 12.5 Å². The van der Waals surface area contributed by atoms with Gasteiger partial charge in [-0.05, 0) is 43.9 Å². The number of aromatic hydroxyl groups is 1. The van der Waals surface area contributed by atoms with Crippen LogP contribution in [0.1, 0.15) is 38.7 Å². The summed E-state index contributed by atoms with van der Waals surface area (Å²) < 4.78 is 20.9. The van der Waals surface area contributed by atoms with Crippen LogP contribution in [0.25, 0.3) is 0 Å². The molecule has 184 valence electrons. The van der Waals surface area contributed by atoms with Crippen LogP contribution in [0.2, 0.25) is 0 Å². The monoisotopic (exact) mass is 473 g/mol. The molecule has 1 heterocycles. The van der Waals surface area contributed by atoms with Gasteiger partial charge >= 0.3 is 11.9 Å². The lowest BCUT2D eigenvalue weighted by Gasteiger charge is -2.38. The third kappa shape index (κ3) is 4.79. The van der Waals surface area contributed by atoms with E-state index in [1.807, 2.05) is 13.8 Å².